The number of fused-ring (bicyclic) bond motifs is 3. The molecule has 1 aromatic heterocycles. The molecule has 0 saturated heterocycles. The maximum Gasteiger partial charge on any atom is 0.325 e. The van der Waals surface area contributed by atoms with Crippen molar-refractivity contribution in [2.24, 2.45) is 0 Å². The van der Waals surface area contributed by atoms with Crippen molar-refractivity contribution in [1.82, 2.24) is 9.97 Å². The van der Waals surface area contributed by atoms with Crippen LogP contribution in [0.25, 0.3) is 11.3 Å². The molecule has 3 rings (SSSR count). The predicted octanol–water partition coefficient (Wildman–Crippen LogP) is 1.92. The molecule has 1 unspecified atom stereocenters. The lowest BCUT2D eigenvalue weighted by Gasteiger charge is -2.20. The second kappa shape index (κ2) is 4.80. The highest BCUT2D eigenvalue weighted by Gasteiger charge is 2.20. The number of hydrogen-bond acceptors (Lipinski definition) is 5. The highest BCUT2D eigenvalue weighted by molar-refractivity contribution is 5.76. The fourth-order valence-corrected chi connectivity index (χ4v) is 2.01. The minimum absolute atomic E-state index is 0.301. The molecule has 6 nitrogen and oxygen atoms in total. The van der Waals surface area contributed by atoms with Crippen LogP contribution in [-0.2, 0) is 11.4 Å². The fourth-order valence-electron chi connectivity index (χ4n) is 2.01. The molecule has 0 saturated carbocycles. The van der Waals surface area contributed by atoms with Crippen LogP contribution in [0.4, 0.5) is 5.95 Å². The molecular formula is C14H13N3O3. The first kappa shape index (κ1) is 12.4. The summed E-state index contributed by atoms with van der Waals surface area (Å²) >= 11 is 0. The number of anilines is 1. The quantitative estimate of drug-likeness (QED) is 0.887. The summed E-state index contributed by atoms with van der Waals surface area (Å²) in [5.74, 6) is 0.126. The number of carboxylic acid groups (broad SMARTS) is 1. The van der Waals surface area contributed by atoms with Gasteiger partial charge >= 0.3 is 5.97 Å². The second-order valence-electron chi connectivity index (χ2n) is 4.56. The van der Waals surface area contributed by atoms with Crippen molar-refractivity contribution < 1.29 is 14.6 Å². The average Bonchev–Trinajstić information content (AvgIpc) is 2.47. The lowest BCUT2D eigenvalue weighted by molar-refractivity contribution is -0.137. The Bertz CT molecular complexity index is 672. The van der Waals surface area contributed by atoms with Crippen molar-refractivity contribution in [3.63, 3.8) is 0 Å². The number of benzene rings is 1. The largest absolute Gasteiger partial charge is 0.488 e. The minimum atomic E-state index is -0.949. The zero-order valence-corrected chi connectivity index (χ0v) is 10.8. The minimum Gasteiger partial charge on any atom is -0.488 e. The third-order valence-electron chi connectivity index (χ3n) is 3.11. The van der Waals surface area contributed by atoms with E-state index in [1.54, 1.807) is 13.1 Å². The molecule has 0 aliphatic carbocycles. The standard InChI is InChI=1S/C14H13N3O3/c1-8(13(18)19)16-14-15-6-9-7-20-11-5-3-2-4-10(11)12(9)17-14/h2-6,8H,7H2,1H3,(H,18,19)(H,15,16,17). The maximum absolute atomic E-state index is 10.9. The molecule has 1 aliphatic heterocycles. The van der Waals surface area contributed by atoms with E-state index in [0.717, 1.165) is 22.6 Å². The lowest BCUT2D eigenvalue weighted by Crippen LogP contribution is -2.26. The topological polar surface area (TPSA) is 84.3 Å². The Labute approximate surface area is 115 Å². The van der Waals surface area contributed by atoms with Gasteiger partial charge in [0.15, 0.2) is 0 Å². The number of aromatic nitrogens is 2. The van der Waals surface area contributed by atoms with Gasteiger partial charge in [0.25, 0.3) is 0 Å². The summed E-state index contributed by atoms with van der Waals surface area (Å²) in [6.07, 6.45) is 1.66. The van der Waals surface area contributed by atoms with Crippen molar-refractivity contribution >= 4 is 11.9 Å². The Morgan fingerprint density at radius 2 is 2.25 bits per heavy atom. The number of nitrogens with one attached hydrogen (secondary N) is 1. The Hall–Kier alpha value is -2.63. The van der Waals surface area contributed by atoms with Gasteiger partial charge in [0, 0.05) is 17.3 Å². The van der Waals surface area contributed by atoms with E-state index in [2.05, 4.69) is 15.3 Å². The van der Waals surface area contributed by atoms with Crippen LogP contribution in [0.2, 0.25) is 0 Å². The number of hydrogen-bond donors (Lipinski definition) is 2. The van der Waals surface area contributed by atoms with E-state index in [0.29, 0.717) is 12.6 Å². The third kappa shape index (κ3) is 2.16. The van der Waals surface area contributed by atoms with Crippen molar-refractivity contribution in [2.45, 2.75) is 19.6 Å². The van der Waals surface area contributed by atoms with E-state index < -0.39 is 12.0 Å². The molecule has 2 aromatic rings. The molecule has 102 valence electrons. The highest BCUT2D eigenvalue weighted by atomic mass is 16.5. The molecule has 1 aliphatic rings. The predicted molar refractivity (Wildman–Crippen MR) is 72.5 cm³/mol. The van der Waals surface area contributed by atoms with Gasteiger partial charge in [0.1, 0.15) is 18.4 Å². The number of carbonyl (C=O) groups is 1. The Kier molecular flexibility index (Phi) is 2.98. The number of nitrogens with zero attached hydrogens (tertiary/aromatic N) is 2. The van der Waals surface area contributed by atoms with Crippen molar-refractivity contribution in [3.05, 3.63) is 36.0 Å². The molecule has 2 N–H and O–H groups in total. The lowest BCUT2D eigenvalue weighted by atomic mass is 10.0. The summed E-state index contributed by atoms with van der Waals surface area (Å²) in [5, 5.41) is 11.7. The molecule has 1 aromatic carbocycles. The molecule has 0 fully saturated rings. The van der Waals surface area contributed by atoms with Crippen molar-refractivity contribution in [2.75, 3.05) is 5.32 Å². The number of carboxylic acids is 1. The van der Waals surface area contributed by atoms with Gasteiger partial charge in [-0.1, -0.05) is 12.1 Å². The van der Waals surface area contributed by atoms with Crippen LogP contribution in [0.5, 0.6) is 5.75 Å². The molecule has 6 heteroatoms. The van der Waals surface area contributed by atoms with E-state index in [-0.39, 0.29) is 0 Å². The Morgan fingerprint density at radius 3 is 3.05 bits per heavy atom. The van der Waals surface area contributed by atoms with Crippen molar-refractivity contribution in [1.29, 1.82) is 0 Å². The van der Waals surface area contributed by atoms with Gasteiger partial charge < -0.3 is 15.2 Å². The molecule has 0 bridgehead atoms. The average molecular weight is 271 g/mol. The van der Waals surface area contributed by atoms with Gasteiger partial charge in [0.05, 0.1) is 5.69 Å². The summed E-state index contributed by atoms with van der Waals surface area (Å²) in [4.78, 5) is 19.4. The molecule has 20 heavy (non-hydrogen) atoms. The van der Waals surface area contributed by atoms with Crippen LogP contribution in [-0.4, -0.2) is 27.1 Å². The molecule has 0 radical (unpaired) electrons. The molecule has 0 amide bonds. The van der Waals surface area contributed by atoms with Gasteiger partial charge in [0.2, 0.25) is 5.95 Å². The molecule has 1 atom stereocenters. The van der Waals surface area contributed by atoms with Gasteiger partial charge in [-0.3, -0.25) is 4.79 Å². The Morgan fingerprint density at radius 1 is 1.45 bits per heavy atom. The van der Waals surface area contributed by atoms with Crippen LogP contribution >= 0.6 is 0 Å². The highest BCUT2D eigenvalue weighted by Crippen LogP contribution is 2.35. The van der Waals surface area contributed by atoms with Crippen LogP contribution in [0.3, 0.4) is 0 Å². The second-order valence-corrected chi connectivity index (χ2v) is 4.56. The first-order valence-corrected chi connectivity index (χ1v) is 6.22. The number of aliphatic carboxylic acids is 1. The zero-order valence-electron chi connectivity index (χ0n) is 10.8. The fraction of sp³-hybridized carbons (Fsp3) is 0.214. The van der Waals surface area contributed by atoms with Crippen LogP contribution in [0, 0.1) is 0 Å². The zero-order chi connectivity index (χ0) is 14.1. The van der Waals surface area contributed by atoms with Crippen molar-refractivity contribution in [3.8, 4) is 17.0 Å². The first-order chi connectivity index (χ1) is 9.65. The SMILES string of the molecule is CC(Nc1ncc2c(n1)-c1ccccc1OC2)C(=O)O. The van der Waals surface area contributed by atoms with E-state index in [4.69, 9.17) is 9.84 Å². The van der Waals surface area contributed by atoms with Gasteiger partial charge in [-0.15, -0.1) is 0 Å². The molecule has 0 spiro atoms. The van der Waals surface area contributed by atoms with Gasteiger partial charge in [-0.2, -0.15) is 0 Å². The molecule has 2 heterocycles. The summed E-state index contributed by atoms with van der Waals surface area (Å²) in [6.45, 7) is 1.96. The van der Waals surface area contributed by atoms with E-state index in [1.165, 1.54) is 0 Å². The van der Waals surface area contributed by atoms with E-state index >= 15 is 0 Å². The smallest absolute Gasteiger partial charge is 0.325 e. The van der Waals surface area contributed by atoms with Gasteiger partial charge in [-0.25, -0.2) is 9.97 Å². The summed E-state index contributed by atoms with van der Waals surface area (Å²) in [7, 11) is 0. The maximum atomic E-state index is 10.9. The normalized spacial score (nSPS) is 13.7. The number of para-hydroxylation sites is 1. The molecular weight excluding hydrogens is 258 g/mol. The van der Waals surface area contributed by atoms with E-state index in [1.807, 2.05) is 24.3 Å². The van der Waals surface area contributed by atoms with Crippen LogP contribution in [0.15, 0.2) is 30.5 Å². The third-order valence-corrected chi connectivity index (χ3v) is 3.11. The van der Waals surface area contributed by atoms with E-state index in [9.17, 15) is 4.79 Å². The number of rotatable bonds is 3. The van der Waals surface area contributed by atoms with Crippen LogP contribution in [0.1, 0.15) is 12.5 Å². The van der Waals surface area contributed by atoms with Gasteiger partial charge in [-0.05, 0) is 19.1 Å². The first-order valence-electron chi connectivity index (χ1n) is 6.22. The van der Waals surface area contributed by atoms with Crippen LogP contribution < -0.4 is 10.1 Å². The summed E-state index contributed by atoms with van der Waals surface area (Å²) in [5.41, 5.74) is 2.56. The number of ether oxygens (including phenoxy) is 1. The summed E-state index contributed by atoms with van der Waals surface area (Å²) < 4.78 is 5.61. The monoisotopic (exact) mass is 271 g/mol. The Balaban J connectivity index is 1.99. The summed E-state index contributed by atoms with van der Waals surface area (Å²) in [6, 6.07) is 6.87.